The van der Waals surface area contributed by atoms with Crippen molar-refractivity contribution >= 4 is 5.82 Å². The largest absolute Gasteiger partial charge is 0.467 e. The monoisotopic (exact) mass is 305 g/mol. The van der Waals surface area contributed by atoms with Crippen molar-refractivity contribution in [3.8, 4) is 0 Å². The van der Waals surface area contributed by atoms with E-state index in [0.29, 0.717) is 30.1 Å². The number of aliphatic hydroxyl groups is 1. The molecular formula is C16H20FN3O2. The molecule has 1 N–H and O–H groups in total. The van der Waals surface area contributed by atoms with Gasteiger partial charge in [-0.15, -0.1) is 0 Å². The highest BCUT2D eigenvalue weighted by Gasteiger charge is 2.31. The van der Waals surface area contributed by atoms with Gasteiger partial charge in [-0.3, -0.25) is 0 Å². The van der Waals surface area contributed by atoms with Crippen LogP contribution >= 0.6 is 0 Å². The quantitative estimate of drug-likeness (QED) is 0.920. The van der Waals surface area contributed by atoms with Gasteiger partial charge < -0.3 is 14.4 Å². The average molecular weight is 305 g/mol. The average Bonchev–Trinajstić information content (AvgIpc) is 3.19. The number of halogens is 1. The maximum atomic E-state index is 14.5. The molecule has 2 aromatic rings. The van der Waals surface area contributed by atoms with Crippen LogP contribution in [0.15, 0.2) is 29.1 Å². The first-order valence-corrected chi connectivity index (χ1v) is 7.68. The minimum Gasteiger partial charge on any atom is -0.467 e. The Balaban J connectivity index is 1.79. The SMILES string of the molecule is CCc1ncnc(N2CCC[C@@H]2C[C@@H](O)c2ccco2)c1F. The van der Waals surface area contributed by atoms with Crippen LogP contribution in [0.25, 0.3) is 0 Å². The van der Waals surface area contributed by atoms with Gasteiger partial charge >= 0.3 is 0 Å². The fourth-order valence-electron chi connectivity index (χ4n) is 3.06. The molecule has 3 heterocycles. The number of aryl methyl sites for hydroxylation is 1. The number of anilines is 1. The molecular weight excluding hydrogens is 285 g/mol. The van der Waals surface area contributed by atoms with E-state index in [1.807, 2.05) is 11.8 Å². The molecule has 3 rings (SSSR count). The lowest BCUT2D eigenvalue weighted by Gasteiger charge is -2.27. The van der Waals surface area contributed by atoms with Gasteiger partial charge in [0, 0.05) is 19.0 Å². The third-order valence-electron chi connectivity index (χ3n) is 4.19. The van der Waals surface area contributed by atoms with Crippen LogP contribution in [0.1, 0.15) is 43.7 Å². The smallest absolute Gasteiger partial charge is 0.187 e. The molecule has 0 unspecified atom stereocenters. The van der Waals surface area contributed by atoms with Crippen LogP contribution in [0.5, 0.6) is 0 Å². The Morgan fingerprint density at radius 1 is 1.50 bits per heavy atom. The van der Waals surface area contributed by atoms with E-state index in [0.717, 1.165) is 19.4 Å². The topological polar surface area (TPSA) is 62.4 Å². The predicted octanol–water partition coefficient (Wildman–Crippen LogP) is 2.86. The molecule has 2 aromatic heterocycles. The van der Waals surface area contributed by atoms with Crippen LogP contribution in [-0.4, -0.2) is 27.7 Å². The lowest BCUT2D eigenvalue weighted by Crippen LogP contribution is -2.32. The van der Waals surface area contributed by atoms with Crippen molar-refractivity contribution in [1.82, 2.24) is 9.97 Å². The van der Waals surface area contributed by atoms with Gasteiger partial charge in [0.1, 0.15) is 18.2 Å². The van der Waals surface area contributed by atoms with E-state index in [-0.39, 0.29) is 11.9 Å². The standard InChI is InChI=1S/C16H20FN3O2/c1-2-12-15(17)16(19-10-18-12)20-7-3-5-11(20)9-13(21)14-6-4-8-22-14/h4,6,8,10-11,13,21H,2-3,5,7,9H2,1H3/t11-,13-/m1/s1. The van der Waals surface area contributed by atoms with E-state index in [2.05, 4.69) is 9.97 Å². The summed E-state index contributed by atoms with van der Waals surface area (Å²) in [6.45, 7) is 2.62. The van der Waals surface area contributed by atoms with E-state index < -0.39 is 6.10 Å². The molecule has 5 nitrogen and oxygen atoms in total. The Hall–Kier alpha value is -1.95. The maximum Gasteiger partial charge on any atom is 0.187 e. The molecule has 0 aliphatic carbocycles. The minimum atomic E-state index is -0.684. The van der Waals surface area contributed by atoms with Crippen molar-refractivity contribution in [2.24, 2.45) is 0 Å². The van der Waals surface area contributed by atoms with Gasteiger partial charge in [-0.05, 0) is 31.4 Å². The Bertz CT molecular complexity index is 618. The Labute approximate surface area is 128 Å². The summed E-state index contributed by atoms with van der Waals surface area (Å²) >= 11 is 0. The van der Waals surface area contributed by atoms with Crippen molar-refractivity contribution in [2.45, 2.75) is 44.8 Å². The van der Waals surface area contributed by atoms with E-state index >= 15 is 0 Å². The van der Waals surface area contributed by atoms with Gasteiger partial charge in [-0.25, -0.2) is 14.4 Å². The highest BCUT2D eigenvalue weighted by atomic mass is 19.1. The van der Waals surface area contributed by atoms with E-state index in [1.165, 1.54) is 6.33 Å². The fraction of sp³-hybridized carbons (Fsp3) is 0.500. The number of aliphatic hydroxyl groups excluding tert-OH is 1. The summed E-state index contributed by atoms with van der Waals surface area (Å²) in [5.41, 5.74) is 0.433. The van der Waals surface area contributed by atoms with Crippen LogP contribution < -0.4 is 4.90 Å². The highest BCUT2D eigenvalue weighted by molar-refractivity contribution is 5.43. The normalized spacial score (nSPS) is 19.6. The third-order valence-corrected chi connectivity index (χ3v) is 4.19. The van der Waals surface area contributed by atoms with Gasteiger partial charge in [-0.2, -0.15) is 0 Å². The second kappa shape index (κ2) is 6.44. The van der Waals surface area contributed by atoms with E-state index in [4.69, 9.17) is 4.42 Å². The lowest BCUT2D eigenvalue weighted by molar-refractivity contribution is 0.132. The lowest BCUT2D eigenvalue weighted by atomic mass is 10.1. The summed E-state index contributed by atoms with van der Waals surface area (Å²) in [4.78, 5) is 10.0. The second-order valence-electron chi connectivity index (χ2n) is 5.57. The zero-order valence-electron chi connectivity index (χ0n) is 12.6. The van der Waals surface area contributed by atoms with Crippen molar-refractivity contribution in [3.05, 3.63) is 42.0 Å². The summed E-state index contributed by atoms with van der Waals surface area (Å²) in [7, 11) is 0. The molecule has 1 aliphatic heterocycles. The van der Waals surface area contributed by atoms with Crippen LogP contribution in [0.3, 0.4) is 0 Å². The number of aromatic nitrogens is 2. The molecule has 0 bridgehead atoms. The number of furan rings is 1. The van der Waals surface area contributed by atoms with Gasteiger partial charge in [0.15, 0.2) is 11.6 Å². The molecule has 0 spiro atoms. The summed E-state index contributed by atoms with van der Waals surface area (Å²) < 4.78 is 19.7. The van der Waals surface area contributed by atoms with Crippen molar-refractivity contribution in [2.75, 3.05) is 11.4 Å². The molecule has 0 aromatic carbocycles. The molecule has 1 saturated heterocycles. The zero-order valence-corrected chi connectivity index (χ0v) is 12.6. The van der Waals surface area contributed by atoms with Crippen LogP contribution in [-0.2, 0) is 6.42 Å². The summed E-state index contributed by atoms with van der Waals surface area (Å²) in [6, 6.07) is 3.56. The molecule has 22 heavy (non-hydrogen) atoms. The Kier molecular flexibility index (Phi) is 4.38. The van der Waals surface area contributed by atoms with Gasteiger partial charge in [0.2, 0.25) is 0 Å². The minimum absolute atomic E-state index is 0.0502. The van der Waals surface area contributed by atoms with Crippen molar-refractivity contribution in [1.29, 1.82) is 0 Å². The second-order valence-corrected chi connectivity index (χ2v) is 5.57. The van der Waals surface area contributed by atoms with E-state index in [1.54, 1.807) is 18.4 Å². The zero-order chi connectivity index (χ0) is 15.5. The van der Waals surface area contributed by atoms with Crippen molar-refractivity contribution < 1.29 is 13.9 Å². The number of hydrogen-bond acceptors (Lipinski definition) is 5. The Morgan fingerprint density at radius 3 is 3.09 bits per heavy atom. The number of rotatable bonds is 5. The summed E-state index contributed by atoms with van der Waals surface area (Å²) in [5.74, 6) is 0.551. The third kappa shape index (κ3) is 2.83. The molecule has 118 valence electrons. The molecule has 0 saturated carbocycles. The van der Waals surface area contributed by atoms with Crippen LogP contribution in [0.4, 0.5) is 10.2 Å². The van der Waals surface area contributed by atoms with Crippen molar-refractivity contribution in [3.63, 3.8) is 0 Å². The van der Waals surface area contributed by atoms with E-state index in [9.17, 15) is 9.50 Å². The number of nitrogens with zero attached hydrogens (tertiary/aromatic N) is 3. The van der Waals surface area contributed by atoms with Gasteiger partial charge in [0.05, 0.1) is 12.0 Å². The molecule has 6 heteroatoms. The molecule has 0 radical (unpaired) electrons. The molecule has 1 aliphatic rings. The first-order valence-electron chi connectivity index (χ1n) is 7.68. The Morgan fingerprint density at radius 2 is 2.36 bits per heavy atom. The molecule has 2 atom stereocenters. The van der Waals surface area contributed by atoms with Crippen LogP contribution in [0, 0.1) is 5.82 Å². The first kappa shape index (κ1) is 15.0. The van der Waals surface area contributed by atoms with Gasteiger partial charge in [-0.1, -0.05) is 6.92 Å². The summed E-state index contributed by atoms with van der Waals surface area (Å²) in [5, 5.41) is 10.3. The maximum absolute atomic E-state index is 14.5. The highest BCUT2D eigenvalue weighted by Crippen LogP contribution is 2.32. The van der Waals surface area contributed by atoms with Crippen LogP contribution in [0.2, 0.25) is 0 Å². The molecule has 1 fully saturated rings. The first-order chi connectivity index (χ1) is 10.7. The molecule has 0 amide bonds. The number of hydrogen-bond donors (Lipinski definition) is 1. The summed E-state index contributed by atoms with van der Waals surface area (Å²) in [6.07, 6.45) is 5.17. The predicted molar refractivity (Wildman–Crippen MR) is 80.0 cm³/mol. The van der Waals surface area contributed by atoms with Gasteiger partial charge in [0.25, 0.3) is 0 Å². The fourth-order valence-corrected chi connectivity index (χ4v) is 3.06.